The Labute approximate surface area is 149 Å². The fraction of sp³-hybridized carbons (Fsp3) is 0.857. The highest BCUT2D eigenvalue weighted by Gasteiger charge is 2.41. The van der Waals surface area contributed by atoms with Gasteiger partial charge in [-0.2, -0.15) is 0 Å². The number of carboxylic acids is 1. The Morgan fingerprint density at radius 3 is 2.04 bits per heavy atom. The first-order chi connectivity index (χ1) is 11.5. The Kier molecular flexibility index (Phi) is 12.5. The molecule has 0 amide bonds. The van der Waals surface area contributed by atoms with E-state index in [-0.39, 0.29) is 11.9 Å². The molecular formula is C14H28O12. The van der Waals surface area contributed by atoms with Crippen molar-refractivity contribution < 1.29 is 60.7 Å². The van der Waals surface area contributed by atoms with Crippen LogP contribution in [0.15, 0.2) is 0 Å². The maximum atomic E-state index is 10.8. The van der Waals surface area contributed by atoms with E-state index < -0.39 is 67.2 Å². The number of carbonyl (C=O) groups excluding carboxylic acids is 1. The Bertz CT molecular complexity index is 428. The lowest BCUT2D eigenvalue weighted by atomic mass is 9.92. The van der Waals surface area contributed by atoms with Crippen LogP contribution in [-0.4, -0.2) is 108 Å². The standard InChI is InChI=1S/C7H14O6.C7H12O5.H2O/c1-2-3(8)4(9)5(10)6(11)7(12)13;1-3-5(9)4(2-8)12-7(11)6(3)10;/h3-6,8-11H,2H2,1H3,(H,12,13);3-6,8-10H,2H2,1H3;1H2/t;3-,4?,5+,6?;/m.1./s1. The van der Waals surface area contributed by atoms with Crippen LogP contribution < -0.4 is 0 Å². The third-order valence-electron chi connectivity index (χ3n) is 3.85. The summed E-state index contributed by atoms with van der Waals surface area (Å²) >= 11 is 0. The van der Waals surface area contributed by atoms with Crippen molar-refractivity contribution in [2.75, 3.05) is 6.61 Å². The van der Waals surface area contributed by atoms with Gasteiger partial charge < -0.3 is 51.1 Å². The van der Waals surface area contributed by atoms with Crippen LogP contribution >= 0.6 is 0 Å². The maximum absolute atomic E-state index is 10.8. The van der Waals surface area contributed by atoms with Crippen molar-refractivity contribution in [3.05, 3.63) is 0 Å². The third kappa shape index (κ3) is 7.09. The lowest BCUT2D eigenvalue weighted by molar-refractivity contribution is -0.193. The van der Waals surface area contributed by atoms with E-state index in [1.807, 2.05) is 0 Å². The molecule has 1 rings (SSSR count). The first kappa shape index (κ1) is 26.8. The van der Waals surface area contributed by atoms with E-state index in [2.05, 4.69) is 4.74 Å². The quantitative estimate of drug-likeness (QED) is 0.201. The zero-order chi connectivity index (χ0) is 19.9. The maximum Gasteiger partial charge on any atom is 0.335 e. The molecule has 0 aromatic rings. The number of esters is 1. The second kappa shape index (κ2) is 12.1. The minimum absolute atomic E-state index is 0. The molecule has 10 N–H and O–H groups in total. The molecule has 0 aliphatic carbocycles. The Morgan fingerprint density at radius 2 is 1.65 bits per heavy atom. The summed E-state index contributed by atoms with van der Waals surface area (Å²) in [7, 11) is 0. The zero-order valence-electron chi connectivity index (χ0n) is 14.3. The van der Waals surface area contributed by atoms with E-state index in [9.17, 15) is 14.7 Å². The minimum atomic E-state index is -2.09. The number of ether oxygens (including phenoxy) is 1. The number of hydrogen-bond donors (Lipinski definition) is 8. The normalized spacial score (nSPS) is 29.8. The van der Waals surface area contributed by atoms with Crippen LogP contribution in [0.3, 0.4) is 0 Å². The fourth-order valence-electron chi connectivity index (χ4n) is 1.98. The number of aliphatic hydroxyl groups excluding tert-OH is 7. The molecule has 12 heteroatoms. The third-order valence-corrected chi connectivity index (χ3v) is 3.85. The van der Waals surface area contributed by atoms with Gasteiger partial charge in [0.15, 0.2) is 18.3 Å². The van der Waals surface area contributed by atoms with Gasteiger partial charge in [-0.15, -0.1) is 0 Å². The highest BCUT2D eigenvalue weighted by molar-refractivity contribution is 5.76. The van der Waals surface area contributed by atoms with Crippen LogP contribution in [0.25, 0.3) is 0 Å². The lowest BCUT2D eigenvalue weighted by Crippen LogP contribution is -2.52. The van der Waals surface area contributed by atoms with Gasteiger partial charge in [0, 0.05) is 5.92 Å². The largest absolute Gasteiger partial charge is 0.479 e. The number of carboxylic acid groups (broad SMARTS) is 1. The molecule has 1 saturated heterocycles. The molecule has 8 atom stereocenters. The molecule has 1 fully saturated rings. The van der Waals surface area contributed by atoms with Gasteiger partial charge in [-0.1, -0.05) is 13.8 Å². The number of cyclic esters (lactones) is 1. The summed E-state index contributed by atoms with van der Waals surface area (Å²) < 4.78 is 4.54. The highest BCUT2D eigenvalue weighted by atomic mass is 16.6. The predicted molar refractivity (Wildman–Crippen MR) is 83.7 cm³/mol. The molecule has 0 aromatic carbocycles. The van der Waals surface area contributed by atoms with Crippen molar-refractivity contribution in [1.82, 2.24) is 0 Å². The predicted octanol–water partition coefficient (Wildman–Crippen LogP) is -4.64. The first-order valence-corrected chi connectivity index (χ1v) is 7.62. The van der Waals surface area contributed by atoms with Gasteiger partial charge in [-0.25, -0.2) is 9.59 Å². The van der Waals surface area contributed by atoms with E-state index >= 15 is 0 Å². The number of rotatable bonds is 6. The average molecular weight is 388 g/mol. The number of hydrogen-bond acceptors (Lipinski definition) is 10. The molecule has 12 nitrogen and oxygen atoms in total. The second-order valence-electron chi connectivity index (χ2n) is 5.69. The van der Waals surface area contributed by atoms with Gasteiger partial charge in [-0.05, 0) is 6.42 Å². The zero-order valence-corrected chi connectivity index (χ0v) is 14.3. The summed E-state index contributed by atoms with van der Waals surface area (Å²) in [5.74, 6) is -3.02. The van der Waals surface area contributed by atoms with Crippen molar-refractivity contribution >= 4 is 11.9 Å². The number of carbonyl (C=O) groups is 2. The first-order valence-electron chi connectivity index (χ1n) is 7.62. The van der Waals surface area contributed by atoms with Gasteiger partial charge in [0.05, 0.1) is 18.8 Å². The van der Waals surface area contributed by atoms with Crippen LogP contribution in [0.5, 0.6) is 0 Å². The molecule has 6 unspecified atom stereocenters. The monoisotopic (exact) mass is 388 g/mol. The molecule has 0 radical (unpaired) electrons. The Balaban J connectivity index is 0. The summed E-state index contributed by atoms with van der Waals surface area (Å²) in [6, 6.07) is 0. The molecular weight excluding hydrogens is 360 g/mol. The van der Waals surface area contributed by atoms with Crippen molar-refractivity contribution in [2.45, 2.75) is 63.0 Å². The smallest absolute Gasteiger partial charge is 0.335 e. The Hall–Kier alpha value is -1.38. The van der Waals surface area contributed by atoms with Crippen LogP contribution in [0.2, 0.25) is 0 Å². The van der Waals surface area contributed by atoms with E-state index in [1.165, 1.54) is 6.92 Å². The van der Waals surface area contributed by atoms with Gasteiger partial charge in [0.1, 0.15) is 12.2 Å². The second-order valence-corrected chi connectivity index (χ2v) is 5.69. The summed E-state index contributed by atoms with van der Waals surface area (Å²) in [4.78, 5) is 21.0. The molecule has 0 bridgehead atoms. The number of aliphatic hydroxyl groups is 7. The van der Waals surface area contributed by atoms with E-state index in [0.29, 0.717) is 0 Å². The summed E-state index contributed by atoms with van der Waals surface area (Å²) in [6.45, 7) is 2.65. The molecule has 0 aromatic heterocycles. The van der Waals surface area contributed by atoms with E-state index in [1.54, 1.807) is 6.92 Å². The summed E-state index contributed by atoms with van der Waals surface area (Å²) in [5, 5.41) is 71.3. The molecule has 1 aliphatic rings. The topological polar surface area (TPSA) is 237 Å². The van der Waals surface area contributed by atoms with Crippen LogP contribution in [0.4, 0.5) is 0 Å². The van der Waals surface area contributed by atoms with Gasteiger partial charge in [0.2, 0.25) is 0 Å². The molecule has 1 heterocycles. The van der Waals surface area contributed by atoms with Crippen LogP contribution in [-0.2, 0) is 14.3 Å². The van der Waals surface area contributed by atoms with Crippen molar-refractivity contribution in [1.29, 1.82) is 0 Å². The van der Waals surface area contributed by atoms with Gasteiger partial charge >= 0.3 is 11.9 Å². The molecule has 26 heavy (non-hydrogen) atoms. The van der Waals surface area contributed by atoms with Crippen molar-refractivity contribution in [3.8, 4) is 0 Å². The van der Waals surface area contributed by atoms with Crippen LogP contribution in [0.1, 0.15) is 20.3 Å². The summed E-state index contributed by atoms with van der Waals surface area (Å²) in [5.41, 5.74) is 0. The molecule has 156 valence electrons. The minimum Gasteiger partial charge on any atom is -0.479 e. The number of aliphatic carboxylic acids is 1. The molecule has 0 saturated carbocycles. The lowest BCUT2D eigenvalue weighted by Gasteiger charge is -2.34. The van der Waals surface area contributed by atoms with E-state index in [4.69, 9.17) is 35.7 Å². The van der Waals surface area contributed by atoms with Crippen molar-refractivity contribution in [3.63, 3.8) is 0 Å². The van der Waals surface area contributed by atoms with Gasteiger partial charge in [0.25, 0.3) is 0 Å². The SMILES string of the molecule is CCC(O)C(O)C(O)C(O)C(=O)O.C[C@H]1C(O)C(=O)OC(CO)[C@H]1O.O. The molecule has 0 spiro atoms. The van der Waals surface area contributed by atoms with Crippen LogP contribution in [0, 0.1) is 5.92 Å². The Morgan fingerprint density at radius 1 is 1.15 bits per heavy atom. The highest BCUT2D eigenvalue weighted by Crippen LogP contribution is 2.21. The fourth-order valence-corrected chi connectivity index (χ4v) is 1.98. The van der Waals surface area contributed by atoms with Gasteiger partial charge in [-0.3, -0.25) is 0 Å². The average Bonchev–Trinajstić information content (AvgIpc) is 2.60. The molecule has 1 aliphatic heterocycles. The van der Waals surface area contributed by atoms with Crippen molar-refractivity contribution in [2.24, 2.45) is 5.92 Å². The van der Waals surface area contributed by atoms with E-state index in [0.717, 1.165) is 0 Å². The summed E-state index contributed by atoms with van der Waals surface area (Å²) in [6.07, 6.45) is -9.91.